The number of nitrogens with zero attached hydrogens (tertiary/aromatic N) is 1. The average molecular weight is 397 g/mol. The molecule has 0 unspecified atom stereocenters. The SMILES string of the molecule is C/C(=C/C(=O)NNC(=O)c1cc(Br)cn1C)c1ccccc1Cl. The number of halogens is 2. The number of benzene rings is 1. The summed E-state index contributed by atoms with van der Waals surface area (Å²) in [5.41, 5.74) is 6.60. The second kappa shape index (κ2) is 7.48. The fourth-order valence-corrected chi connectivity index (χ4v) is 2.83. The predicted molar refractivity (Wildman–Crippen MR) is 93.8 cm³/mol. The van der Waals surface area contributed by atoms with Crippen LogP contribution in [0.1, 0.15) is 23.0 Å². The molecule has 1 aromatic carbocycles. The number of carbonyl (C=O) groups excluding carboxylic acids is 2. The summed E-state index contributed by atoms with van der Waals surface area (Å²) in [4.78, 5) is 23.9. The number of hydrogen-bond donors (Lipinski definition) is 2. The minimum atomic E-state index is -0.441. The van der Waals surface area contributed by atoms with E-state index in [4.69, 9.17) is 11.6 Å². The monoisotopic (exact) mass is 395 g/mol. The average Bonchev–Trinajstić information content (AvgIpc) is 2.84. The number of allylic oxidation sites excluding steroid dienone is 1. The van der Waals surface area contributed by atoms with Gasteiger partial charge in [-0.25, -0.2) is 0 Å². The van der Waals surface area contributed by atoms with E-state index in [1.54, 1.807) is 36.9 Å². The number of hydrogen-bond acceptors (Lipinski definition) is 2. The van der Waals surface area contributed by atoms with Gasteiger partial charge in [0.2, 0.25) is 0 Å². The molecule has 0 saturated carbocycles. The van der Waals surface area contributed by atoms with Crippen molar-refractivity contribution in [2.45, 2.75) is 6.92 Å². The highest BCUT2D eigenvalue weighted by atomic mass is 79.9. The Labute approximate surface area is 147 Å². The lowest BCUT2D eigenvalue weighted by molar-refractivity contribution is -0.117. The second-order valence-corrected chi connectivity index (χ2v) is 6.23. The molecule has 2 rings (SSSR count). The Hall–Kier alpha value is -2.05. The van der Waals surface area contributed by atoms with Crippen LogP contribution >= 0.6 is 27.5 Å². The first kappa shape index (κ1) is 17.3. The van der Waals surface area contributed by atoms with Crippen LogP contribution in [0.4, 0.5) is 0 Å². The largest absolute Gasteiger partial charge is 0.345 e. The van der Waals surface area contributed by atoms with Gasteiger partial charge in [0.15, 0.2) is 0 Å². The summed E-state index contributed by atoms with van der Waals surface area (Å²) in [7, 11) is 1.74. The van der Waals surface area contributed by atoms with E-state index < -0.39 is 11.8 Å². The van der Waals surface area contributed by atoms with Gasteiger partial charge in [-0.3, -0.25) is 20.4 Å². The number of aromatic nitrogens is 1. The molecule has 120 valence electrons. The van der Waals surface area contributed by atoms with Gasteiger partial charge in [-0.2, -0.15) is 0 Å². The highest BCUT2D eigenvalue weighted by Gasteiger charge is 2.11. The lowest BCUT2D eigenvalue weighted by Gasteiger charge is -2.07. The Kier molecular flexibility index (Phi) is 5.63. The van der Waals surface area contributed by atoms with Crippen molar-refractivity contribution in [2.75, 3.05) is 0 Å². The van der Waals surface area contributed by atoms with E-state index in [1.807, 2.05) is 18.2 Å². The maximum atomic E-state index is 12.0. The van der Waals surface area contributed by atoms with Gasteiger partial charge in [-0.15, -0.1) is 0 Å². The molecule has 1 aromatic heterocycles. The Morgan fingerprint density at radius 2 is 1.96 bits per heavy atom. The van der Waals surface area contributed by atoms with E-state index in [1.165, 1.54) is 6.08 Å². The highest BCUT2D eigenvalue weighted by molar-refractivity contribution is 9.10. The number of nitrogens with one attached hydrogen (secondary N) is 2. The maximum absolute atomic E-state index is 12.0. The summed E-state index contributed by atoms with van der Waals surface area (Å²) in [6.07, 6.45) is 3.13. The summed E-state index contributed by atoms with van der Waals surface area (Å²) in [5.74, 6) is -0.848. The van der Waals surface area contributed by atoms with Crippen molar-refractivity contribution >= 4 is 44.9 Å². The Balaban J connectivity index is 2.00. The van der Waals surface area contributed by atoms with Gasteiger partial charge in [0.1, 0.15) is 5.69 Å². The number of hydrazine groups is 1. The molecule has 1 heterocycles. The standard InChI is InChI=1S/C16H15BrClN3O2/c1-10(12-5-3-4-6-13(12)18)7-15(22)19-20-16(23)14-8-11(17)9-21(14)2/h3-9H,1-2H3,(H,19,22)(H,20,23)/b10-7-. The van der Waals surface area contributed by atoms with Gasteiger partial charge in [0.25, 0.3) is 11.8 Å². The van der Waals surface area contributed by atoms with Crippen molar-refractivity contribution in [1.82, 2.24) is 15.4 Å². The van der Waals surface area contributed by atoms with Crippen molar-refractivity contribution in [2.24, 2.45) is 7.05 Å². The second-order valence-electron chi connectivity index (χ2n) is 4.91. The first-order valence-corrected chi connectivity index (χ1v) is 7.91. The van der Waals surface area contributed by atoms with Crippen LogP contribution in [0, 0.1) is 0 Å². The predicted octanol–water partition coefficient (Wildman–Crippen LogP) is 3.31. The smallest absolute Gasteiger partial charge is 0.286 e. The molecule has 0 saturated heterocycles. The lowest BCUT2D eigenvalue weighted by Crippen LogP contribution is -2.41. The molecule has 2 N–H and O–H groups in total. The van der Waals surface area contributed by atoms with Crippen LogP contribution in [-0.4, -0.2) is 16.4 Å². The van der Waals surface area contributed by atoms with Crippen LogP contribution in [0.3, 0.4) is 0 Å². The third kappa shape index (κ3) is 4.46. The normalized spacial score (nSPS) is 11.2. The zero-order chi connectivity index (χ0) is 17.0. The van der Waals surface area contributed by atoms with Gasteiger partial charge in [-0.1, -0.05) is 29.8 Å². The van der Waals surface area contributed by atoms with Crippen LogP contribution in [0.15, 0.2) is 47.1 Å². The van der Waals surface area contributed by atoms with Crippen LogP contribution in [0.2, 0.25) is 5.02 Å². The summed E-state index contributed by atoms with van der Waals surface area (Å²) < 4.78 is 2.43. The molecule has 0 aliphatic rings. The highest BCUT2D eigenvalue weighted by Crippen LogP contribution is 2.22. The van der Waals surface area contributed by atoms with Crippen molar-refractivity contribution in [3.63, 3.8) is 0 Å². The zero-order valence-electron chi connectivity index (χ0n) is 12.6. The first-order valence-electron chi connectivity index (χ1n) is 6.74. The molecular formula is C16H15BrClN3O2. The molecule has 5 nitrogen and oxygen atoms in total. The van der Waals surface area contributed by atoms with Crippen molar-refractivity contribution in [1.29, 1.82) is 0 Å². The van der Waals surface area contributed by atoms with Gasteiger partial charge in [0.05, 0.1) is 0 Å². The van der Waals surface area contributed by atoms with Gasteiger partial charge < -0.3 is 4.57 Å². The molecule has 2 amide bonds. The third-order valence-corrected chi connectivity index (χ3v) is 3.91. The van der Waals surface area contributed by atoms with Crippen molar-refractivity contribution < 1.29 is 9.59 Å². The molecule has 0 radical (unpaired) electrons. The number of rotatable bonds is 3. The van der Waals surface area contributed by atoms with Crippen LogP contribution in [-0.2, 0) is 11.8 Å². The molecule has 0 aliphatic carbocycles. The lowest BCUT2D eigenvalue weighted by atomic mass is 10.1. The van der Waals surface area contributed by atoms with Crippen LogP contribution in [0.5, 0.6) is 0 Å². The third-order valence-electron chi connectivity index (χ3n) is 3.15. The molecule has 7 heteroatoms. The molecule has 23 heavy (non-hydrogen) atoms. The van der Waals surface area contributed by atoms with E-state index in [2.05, 4.69) is 26.8 Å². The minimum absolute atomic E-state index is 0.407. The van der Waals surface area contributed by atoms with Crippen LogP contribution < -0.4 is 10.9 Å². The maximum Gasteiger partial charge on any atom is 0.286 e. The van der Waals surface area contributed by atoms with E-state index in [0.717, 1.165) is 10.0 Å². The fourth-order valence-electron chi connectivity index (χ4n) is 2.02. The molecule has 0 fully saturated rings. The summed E-state index contributed by atoms with van der Waals surface area (Å²) in [6.45, 7) is 1.77. The molecule has 0 bridgehead atoms. The first-order chi connectivity index (χ1) is 10.9. The van der Waals surface area contributed by atoms with E-state index >= 15 is 0 Å². The van der Waals surface area contributed by atoms with E-state index in [0.29, 0.717) is 16.3 Å². The van der Waals surface area contributed by atoms with Crippen LogP contribution in [0.25, 0.3) is 5.57 Å². The van der Waals surface area contributed by atoms with Crippen molar-refractivity contribution in [3.8, 4) is 0 Å². The summed E-state index contributed by atoms with van der Waals surface area (Å²) in [6, 6.07) is 8.89. The van der Waals surface area contributed by atoms with Gasteiger partial charge >= 0.3 is 0 Å². The minimum Gasteiger partial charge on any atom is -0.345 e. The Morgan fingerprint density at radius 1 is 1.26 bits per heavy atom. The summed E-state index contributed by atoms with van der Waals surface area (Å²) >= 11 is 9.37. The quantitative estimate of drug-likeness (QED) is 0.617. The Bertz CT molecular complexity index is 783. The molecular weight excluding hydrogens is 382 g/mol. The van der Waals surface area contributed by atoms with E-state index in [-0.39, 0.29) is 0 Å². The number of amides is 2. The molecule has 0 atom stereocenters. The van der Waals surface area contributed by atoms with Gasteiger partial charge in [0, 0.05) is 28.8 Å². The molecule has 0 aliphatic heterocycles. The molecule has 0 spiro atoms. The number of carbonyl (C=O) groups is 2. The van der Waals surface area contributed by atoms with Gasteiger partial charge in [-0.05, 0) is 46.1 Å². The topological polar surface area (TPSA) is 63.1 Å². The molecule has 2 aromatic rings. The summed E-state index contributed by atoms with van der Waals surface area (Å²) in [5, 5.41) is 0.562. The fraction of sp³-hybridized carbons (Fsp3) is 0.125. The van der Waals surface area contributed by atoms with E-state index in [9.17, 15) is 9.59 Å². The number of aryl methyl sites for hydroxylation is 1. The Morgan fingerprint density at radius 3 is 2.57 bits per heavy atom. The van der Waals surface area contributed by atoms with Crippen molar-refractivity contribution in [3.05, 3.63) is 63.4 Å². The zero-order valence-corrected chi connectivity index (χ0v) is 14.9.